The summed E-state index contributed by atoms with van der Waals surface area (Å²) in [6.07, 6.45) is -0.158. The van der Waals surface area contributed by atoms with Gasteiger partial charge in [0.1, 0.15) is 0 Å². The van der Waals surface area contributed by atoms with E-state index in [9.17, 15) is 13.2 Å². The van der Waals surface area contributed by atoms with Crippen LogP contribution in [0.15, 0.2) is 55.0 Å². The molecule has 0 radical (unpaired) electrons. The second kappa shape index (κ2) is 8.32. The number of benzene rings is 1. The monoisotopic (exact) mass is 393 g/mol. The zero-order chi connectivity index (χ0) is 19.3. The third-order valence-electron chi connectivity index (χ3n) is 3.58. The Morgan fingerprint density at radius 1 is 1.04 bits per heavy atom. The van der Waals surface area contributed by atoms with Crippen molar-refractivity contribution >= 4 is 23.2 Å². The number of nitrogens with one attached hydrogen (secondary N) is 2. The van der Waals surface area contributed by atoms with E-state index in [-0.39, 0.29) is 18.1 Å². The Morgan fingerprint density at radius 3 is 2.59 bits per heavy atom. The van der Waals surface area contributed by atoms with Crippen LogP contribution in [-0.4, -0.2) is 15.0 Å². The van der Waals surface area contributed by atoms with E-state index in [2.05, 4.69) is 25.6 Å². The van der Waals surface area contributed by atoms with Crippen LogP contribution >= 0.6 is 11.6 Å². The van der Waals surface area contributed by atoms with Gasteiger partial charge in [0.25, 0.3) is 0 Å². The number of aromatic nitrogens is 3. The van der Waals surface area contributed by atoms with E-state index < -0.39 is 11.9 Å². The summed E-state index contributed by atoms with van der Waals surface area (Å²) in [5.74, 6) is -0.152. The fourth-order valence-corrected chi connectivity index (χ4v) is 2.57. The summed E-state index contributed by atoms with van der Waals surface area (Å²) in [4.78, 5) is 11.6. The third kappa shape index (κ3) is 5.38. The van der Waals surface area contributed by atoms with E-state index in [1.807, 2.05) is 6.07 Å². The quantitative estimate of drug-likeness (QED) is 0.642. The van der Waals surface area contributed by atoms with Crippen LogP contribution < -0.4 is 10.6 Å². The highest BCUT2D eigenvalue weighted by molar-refractivity contribution is 6.30. The lowest BCUT2D eigenvalue weighted by atomic mass is 10.2. The van der Waals surface area contributed by atoms with Gasteiger partial charge in [-0.05, 0) is 29.8 Å². The summed E-state index contributed by atoms with van der Waals surface area (Å²) in [5.41, 5.74) is 0.341. The lowest BCUT2D eigenvalue weighted by molar-refractivity contribution is -0.141. The Morgan fingerprint density at radius 2 is 1.89 bits per heavy atom. The van der Waals surface area contributed by atoms with Crippen molar-refractivity contribution in [3.8, 4) is 0 Å². The van der Waals surface area contributed by atoms with Crippen LogP contribution in [0.5, 0.6) is 0 Å². The molecule has 3 aromatic rings. The molecule has 0 aliphatic rings. The summed E-state index contributed by atoms with van der Waals surface area (Å²) in [6.45, 7) is 0.356. The Labute approximate surface area is 158 Å². The molecular weight excluding hydrogens is 379 g/mol. The van der Waals surface area contributed by atoms with E-state index >= 15 is 0 Å². The Balaban J connectivity index is 1.75. The van der Waals surface area contributed by atoms with E-state index in [0.717, 1.165) is 5.56 Å². The predicted octanol–water partition coefficient (Wildman–Crippen LogP) is 4.58. The van der Waals surface area contributed by atoms with E-state index in [1.54, 1.807) is 42.7 Å². The molecule has 0 atom stereocenters. The molecule has 0 aliphatic carbocycles. The van der Waals surface area contributed by atoms with Crippen LogP contribution in [0.4, 0.5) is 24.8 Å². The van der Waals surface area contributed by atoms with Crippen LogP contribution in [0.1, 0.15) is 16.8 Å². The summed E-state index contributed by atoms with van der Waals surface area (Å²) in [5, 5.41) is 6.13. The second-order valence-corrected chi connectivity index (χ2v) is 6.10. The molecule has 5 nitrogen and oxygen atoms in total. The van der Waals surface area contributed by atoms with Crippen LogP contribution in [0.3, 0.4) is 0 Å². The van der Waals surface area contributed by atoms with Crippen molar-refractivity contribution in [1.82, 2.24) is 20.3 Å². The van der Waals surface area contributed by atoms with Gasteiger partial charge in [-0.15, -0.1) is 0 Å². The average molecular weight is 394 g/mol. The lowest BCUT2D eigenvalue weighted by Crippen LogP contribution is -2.20. The van der Waals surface area contributed by atoms with Crippen molar-refractivity contribution < 1.29 is 13.2 Å². The number of pyridine rings is 1. The second-order valence-electron chi connectivity index (χ2n) is 5.67. The van der Waals surface area contributed by atoms with Crippen molar-refractivity contribution in [1.29, 1.82) is 0 Å². The molecule has 0 aliphatic heterocycles. The molecule has 0 saturated heterocycles. The van der Waals surface area contributed by atoms with Gasteiger partial charge in [-0.1, -0.05) is 23.7 Å². The predicted molar refractivity (Wildman–Crippen MR) is 96.5 cm³/mol. The lowest BCUT2D eigenvalue weighted by Gasteiger charge is -2.14. The summed E-state index contributed by atoms with van der Waals surface area (Å²) in [7, 11) is 0. The number of halogens is 4. The van der Waals surface area contributed by atoms with Crippen molar-refractivity contribution in [3.05, 3.63) is 76.8 Å². The minimum Gasteiger partial charge on any atom is -0.324 e. The van der Waals surface area contributed by atoms with Crippen LogP contribution in [-0.2, 0) is 19.3 Å². The molecule has 2 heterocycles. The normalized spacial score (nSPS) is 11.4. The van der Waals surface area contributed by atoms with Crippen LogP contribution in [0, 0.1) is 0 Å². The average Bonchev–Trinajstić information content (AvgIpc) is 2.63. The van der Waals surface area contributed by atoms with Gasteiger partial charge in [0.05, 0.1) is 0 Å². The molecule has 9 heteroatoms. The van der Waals surface area contributed by atoms with Crippen LogP contribution in [0.2, 0.25) is 5.02 Å². The van der Waals surface area contributed by atoms with Gasteiger partial charge >= 0.3 is 6.18 Å². The molecular formula is C18H15ClF3N5. The minimum atomic E-state index is -4.60. The van der Waals surface area contributed by atoms with Gasteiger partial charge in [-0.25, -0.2) is 9.97 Å². The Kier molecular flexibility index (Phi) is 5.88. The maximum Gasteiger partial charge on any atom is 0.433 e. The topological polar surface area (TPSA) is 62.7 Å². The van der Waals surface area contributed by atoms with Crippen molar-refractivity contribution in [2.75, 3.05) is 5.32 Å². The number of hydrogen-bond acceptors (Lipinski definition) is 5. The molecule has 0 unspecified atom stereocenters. The number of hydrogen-bond donors (Lipinski definition) is 2. The molecule has 0 spiro atoms. The Hall–Kier alpha value is -2.71. The van der Waals surface area contributed by atoms with Gasteiger partial charge in [-0.3, -0.25) is 4.98 Å². The summed E-state index contributed by atoms with van der Waals surface area (Å²) >= 11 is 5.87. The number of alkyl halides is 3. The first-order valence-corrected chi connectivity index (χ1v) is 8.35. The molecule has 3 rings (SSSR count). The largest absolute Gasteiger partial charge is 0.433 e. The zero-order valence-electron chi connectivity index (χ0n) is 14.0. The molecule has 0 bridgehead atoms. The summed E-state index contributed by atoms with van der Waals surface area (Å²) < 4.78 is 40.2. The van der Waals surface area contributed by atoms with E-state index in [1.165, 1.54) is 6.20 Å². The van der Waals surface area contributed by atoms with Crippen molar-refractivity contribution in [2.45, 2.75) is 19.3 Å². The number of nitrogens with zero attached hydrogens (tertiary/aromatic N) is 3. The van der Waals surface area contributed by atoms with Crippen molar-refractivity contribution in [3.63, 3.8) is 0 Å². The first-order valence-electron chi connectivity index (χ1n) is 7.97. The van der Waals surface area contributed by atoms with E-state index in [0.29, 0.717) is 17.3 Å². The van der Waals surface area contributed by atoms with Gasteiger partial charge < -0.3 is 10.6 Å². The zero-order valence-corrected chi connectivity index (χ0v) is 14.7. The highest BCUT2D eigenvalue weighted by atomic mass is 35.5. The Bertz CT molecular complexity index is 903. The smallest absolute Gasteiger partial charge is 0.324 e. The summed E-state index contributed by atoms with van der Waals surface area (Å²) in [6, 6.07) is 10.2. The third-order valence-corrected chi connectivity index (χ3v) is 3.82. The van der Waals surface area contributed by atoms with Gasteiger partial charge in [-0.2, -0.15) is 13.2 Å². The fraction of sp³-hybridized carbons (Fsp3) is 0.167. The van der Waals surface area contributed by atoms with Gasteiger partial charge in [0, 0.05) is 48.0 Å². The molecule has 27 heavy (non-hydrogen) atoms. The molecule has 0 saturated carbocycles. The standard InChI is InChI=1S/C18H15ClF3N5/c19-14-4-1-5-15(7-14)26-17-25-11-13(16(27-17)18(20,21)22)10-24-9-12-3-2-6-23-8-12/h1-8,11,24H,9-10H2,(H,25,26,27). The van der Waals surface area contributed by atoms with E-state index in [4.69, 9.17) is 11.6 Å². The molecule has 2 aromatic heterocycles. The van der Waals surface area contributed by atoms with Gasteiger partial charge in [0.2, 0.25) is 5.95 Å². The first kappa shape index (κ1) is 19.1. The molecule has 0 amide bonds. The molecule has 140 valence electrons. The van der Waals surface area contributed by atoms with Gasteiger partial charge in [0.15, 0.2) is 5.69 Å². The first-order chi connectivity index (χ1) is 12.9. The SMILES string of the molecule is FC(F)(F)c1nc(Nc2cccc(Cl)c2)ncc1CNCc1cccnc1. The van der Waals surface area contributed by atoms with Crippen LogP contribution in [0.25, 0.3) is 0 Å². The maximum atomic E-state index is 13.4. The molecule has 2 N–H and O–H groups in total. The highest BCUT2D eigenvalue weighted by Crippen LogP contribution is 2.31. The van der Waals surface area contributed by atoms with Crippen molar-refractivity contribution in [2.24, 2.45) is 0 Å². The highest BCUT2D eigenvalue weighted by Gasteiger charge is 2.36. The molecule has 0 fully saturated rings. The number of anilines is 2. The maximum absolute atomic E-state index is 13.4. The minimum absolute atomic E-state index is 0.0266. The fourth-order valence-electron chi connectivity index (χ4n) is 2.38. The molecule has 1 aromatic carbocycles. The number of rotatable bonds is 6.